The van der Waals surface area contributed by atoms with Crippen LogP contribution >= 0.6 is 12.2 Å². The van der Waals surface area contributed by atoms with Gasteiger partial charge < -0.3 is 5.32 Å². The molecular weight excluding hydrogens is 382 g/mol. The van der Waals surface area contributed by atoms with Crippen LogP contribution in [0.15, 0.2) is 52.4 Å². The summed E-state index contributed by atoms with van der Waals surface area (Å²) in [4.78, 5) is 12.9. The monoisotopic (exact) mass is 407 g/mol. The zero-order valence-electron chi connectivity index (χ0n) is 17.3. The molecule has 2 N–H and O–H groups in total. The van der Waals surface area contributed by atoms with Gasteiger partial charge in [0.05, 0.1) is 17.6 Å². The third kappa shape index (κ3) is 4.30. The molecule has 2 aromatic carbocycles. The summed E-state index contributed by atoms with van der Waals surface area (Å²) < 4.78 is 3.40. The van der Waals surface area contributed by atoms with Gasteiger partial charge in [-0.25, -0.2) is 4.68 Å². The molecule has 0 fully saturated rings. The fraction of sp³-hybridized carbons (Fsp3) is 0.227. The predicted molar refractivity (Wildman–Crippen MR) is 123 cm³/mol. The summed E-state index contributed by atoms with van der Waals surface area (Å²) in [5.74, 6) is 0. The Balaban J connectivity index is 1.77. The topological polar surface area (TPSA) is 63.4 Å². The highest BCUT2D eigenvalue weighted by atomic mass is 32.1. The van der Waals surface area contributed by atoms with Crippen LogP contribution < -0.4 is 16.3 Å². The van der Waals surface area contributed by atoms with Gasteiger partial charge in [-0.2, -0.15) is 5.10 Å². The smallest absolute Gasteiger partial charge is 0.295 e. The molecule has 1 aromatic heterocycles. The number of thiocarbonyl (C=S) groups is 1. The first-order chi connectivity index (χ1) is 13.8. The molecule has 0 aliphatic heterocycles. The van der Waals surface area contributed by atoms with Crippen molar-refractivity contribution in [3.8, 4) is 5.69 Å². The molecule has 0 unspecified atom stereocenters. The SMILES string of the molecule is Cc1cc(C)c(/C=N\NC(=S)Nc2c(C)n(C)n(-c3ccccc3)c2=O)cc1C. The normalized spacial score (nSPS) is 11.1. The van der Waals surface area contributed by atoms with Gasteiger partial charge in [0.1, 0.15) is 5.69 Å². The number of nitrogens with zero attached hydrogens (tertiary/aromatic N) is 3. The van der Waals surface area contributed by atoms with Crippen LogP contribution in [0.5, 0.6) is 0 Å². The Kier molecular flexibility index (Phi) is 5.98. The van der Waals surface area contributed by atoms with Gasteiger partial charge in [0, 0.05) is 7.05 Å². The highest BCUT2D eigenvalue weighted by Gasteiger charge is 2.16. The average molecular weight is 408 g/mol. The molecule has 0 saturated carbocycles. The first-order valence-electron chi connectivity index (χ1n) is 9.31. The lowest BCUT2D eigenvalue weighted by molar-refractivity contribution is 0.630. The molecule has 3 aromatic rings. The van der Waals surface area contributed by atoms with Crippen molar-refractivity contribution >= 4 is 29.2 Å². The second-order valence-electron chi connectivity index (χ2n) is 7.05. The van der Waals surface area contributed by atoms with E-state index in [4.69, 9.17) is 12.2 Å². The molecule has 3 rings (SSSR count). The van der Waals surface area contributed by atoms with E-state index in [1.54, 1.807) is 15.6 Å². The maximum absolute atomic E-state index is 12.9. The molecule has 0 radical (unpaired) electrons. The van der Waals surface area contributed by atoms with Gasteiger partial charge in [0.25, 0.3) is 5.56 Å². The van der Waals surface area contributed by atoms with Crippen LogP contribution in [-0.2, 0) is 7.05 Å². The van der Waals surface area contributed by atoms with E-state index in [0.29, 0.717) is 5.69 Å². The van der Waals surface area contributed by atoms with Gasteiger partial charge in [-0.3, -0.25) is 14.9 Å². The highest BCUT2D eigenvalue weighted by molar-refractivity contribution is 7.80. The summed E-state index contributed by atoms with van der Waals surface area (Å²) in [6.07, 6.45) is 1.73. The molecule has 1 heterocycles. The standard InChI is InChI=1S/C22H25N5OS/c1-14-11-16(3)18(12-15(14)2)13-23-25-22(29)24-20-17(4)26(5)27(21(20)28)19-9-7-6-8-10-19/h6-13H,1-5H3,(H2,24,25,29)/b23-13-. The lowest BCUT2D eigenvalue weighted by atomic mass is 10.0. The molecule has 0 atom stereocenters. The second-order valence-corrected chi connectivity index (χ2v) is 7.46. The molecule has 7 heteroatoms. The molecular formula is C22H25N5OS. The van der Waals surface area contributed by atoms with Crippen molar-refractivity contribution in [2.75, 3.05) is 5.32 Å². The fourth-order valence-electron chi connectivity index (χ4n) is 3.14. The zero-order chi connectivity index (χ0) is 21.1. The third-order valence-corrected chi connectivity index (χ3v) is 5.24. The van der Waals surface area contributed by atoms with Gasteiger partial charge in [0.2, 0.25) is 0 Å². The van der Waals surface area contributed by atoms with E-state index in [1.807, 2.05) is 51.2 Å². The van der Waals surface area contributed by atoms with Crippen LogP contribution in [0, 0.1) is 27.7 Å². The Morgan fingerprint density at radius 1 is 1.03 bits per heavy atom. The van der Waals surface area contributed by atoms with E-state index in [0.717, 1.165) is 22.5 Å². The number of anilines is 1. The van der Waals surface area contributed by atoms with Crippen LogP contribution in [0.2, 0.25) is 0 Å². The van der Waals surface area contributed by atoms with E-state index in [9.17, 15) is 4.79 Å². The van der Waals surface area contributed by atoms with Crippen LogP contribution in [0.1, 0.15) is 27.9 Å². The minimum atomic E-state index is -0.172. The van der Waals surface area contributed by atoms with Gasteiger partial charge in [-0.1, -0.05) is 24.3 Å². The Labute approximate surface area is 175 Å². The Bertz CT molecular complexity index is 1140. The van der Waals surface area contributed by atoms with E-state index in [1.165, 1.54) is 11.1 Å². The van der Waals surface area contributed by atoms with Crippen LogP contribution in [0.25, 0.3) is 5.69 Å². The Morgan fingerprint density at radius 3 is 2.38 bits per heavy atom. The quantitative estimate of drug-likeness (QED) is 0.393. The summed E-state index contributed by atoms with van der Waals surface area (Å²) in [5, 5.41) is 7.46. The summed E-state index contributed by atoms with van der Waals surface area (Å²) in [5.41, 5.74) is 9.23. The van der Waals surface area contributed by atoms with Crippen molar-refractivity contribution in [3.63, 3.8) is 0 Å². The van der Waals surface area contributed by atoms with E-state index >= 15 is 0 Å². The van der Waals surface area contributed by atoms with E-state index < -0.39 is 0 Å². The first-order valence-corrected chi connectivity index (χ1v) is 9.72. The first kappa shape index (κ1) is 20.5. The minimum Gasteiger partial charge on any atom is -0.325 e. The highest BCUT2D eigenvalue weighted by Crippen LogP contribution is 2.15. The number of benzene rings is 2. The van der Waals surface area contributed by atoms with Crippen molar-refractivity contribution in [2.45, 2.75) is 27.7 Å². The summed E-state index contributed by atoms with van der Waals surface area (Å²) in [6, 6.07) is 13.7. The fourth-order valence-corrected chi connectivity index (χ4v) is 3.29. The van der Waals surface area contributed by atoms with Crippen LogP contribution in [0.3, 0.4) is 0 Å². The molecule has 29 heavy (non-hydrogen) atoms. The predicted octanol–water partition coefficient (Wildman–Crippen LogP) is 3.73. The molecule has 0 aliphatic rings. The molecule has 0 bridgehead atoms. The summed E-state index contributed by atoms with van der Waals surface area (Å²) >= 11 is 5.33. The van der Waals surface area contributed by atoms with Gasteiger partial charge in [-0.15, -0.1) is 0 Å². The van der Waals surface area contributed by atoms with Crippen LogP contribution in [0.4, 0.5) is 5.69 Å². The number of aryl methyl sites for hydroxylation is 3. The van der Waals surface area contributed by atoms with E-state index in [-0.39, 0.29) is 10.7 Å². The number of aromatic nitrogens is 2. The number of para-hydroxylation sites is 1. The van der Waals surface area contributed by atoms with Crippen molar-refractivity contribution in [2.24, 2.45) is 12.1 Å². The molecule has 0 aliphatic carbocycles. The van der Waals surface area contributed by atoms with Crippen molar-refractivity contribution in [3.05, 3.63) is 80.8 Å². The number of hydrazone groups is 1. The zero-order valence-corrected chi connectivity index (χ0v) is 18.1. The number of nitrogens with one attached hydrogen (secondary N) is 2. The Morgan fingerprint density at radius 2 is 1.69 bits per heavy atom. The van der Waals surface area contributed by atoms with Gasteiger partial charge >= 0.3 is 0 Å². The molecule has 150 valence electrons. The van der Waals surface area contributed by atoms with Crippen molar-refractivity contribution in [1.29, 1.82) is 0 Å². The maximum Gasteiger partial charge on any atom is 0.295 e. The van der Waals surface area contributed by atoms with Crippen molar-refractivity contribution in [1.82, 2.24) is 14.8 Å². The summed E-state index contributed by atoms with van der Waals surface area (Å²) in [6.45, 7) is 8.07. The average Bonchev–Trinajstić information content (AvgIpc) is 2.90. The van der Waals surface area contributed by atoms with Crippen LogP contribution in [-0.4, -0.2) is 20.7 Å². The molecule has 6 nitrogen and oxygen atoms in total. The van der Waals surface area contributed by atoms with E-state index in [2.05, 4.69) is 41.8 Å². The lowest BCUT2D eigenvalue weighted by Gasteiger charge is -2.07. The Hall–Kier alpha value is -3.19. The van der Waals surface area contributed by atoms with Gasteiger partial charge in [0.15, 0.2) is 5.11 Å². The van der Waals surface area contributed by atoms with Gasteiger partial charge in [-0.05, 0) is 80.4 Å². The molecule has 0 spiro atoms. The largest absolute Gasteiger partial charge is 0.325 e. The molecule has 0 saturated heterocycles. The maximum atomic E-state index is 12.9. The summed E-state index contributed by atoms with van der Waals surface area (Å²) in [7, 11) is 1.84. The number of rotatable bonds is 4. The molecule has 0 amide bonds. The lowest BCUT2D eigenvalue weighted by Crippen LogP contribution is -2.28. The van der Waals surface area contributed by atoms with Crippen molar-refractivity contribution < 1.29 is 0 Å². The second kappa shape index (κ2) is 8.45. The third-order valence-electron chi connectivity index (χ3n) is 5.04. The number of hydrogen-bond acceptors (Lipinski definition) is 3. The minimum absolute atomic E-state index is 0.172. The number of hydrogen-bond donors (Lipinski definition) is 2.